The van der Waals surface area contributed by atoms with E-state index in [2.05, 4.69) is 4.37 Å². The van der Waals surface area contributed by atoms with Crippen LogP contribution in [0.1, 0.15) is 13.3 Å². The SMILES string of the molecule is CCCS(=O)(=O)c1c(N)nsc1N. The maximum absolute atomic E-state index is 11.5. The van der Waals surface area contributed by atoms with Crippen molar-refractivity contribution < 1.29 is 8.42 Å². The molecule has 5 nitrogen and oxygen atoms in total. The van der Waals surface area contributed by atoms with Gasteiger partial charge in [0.05, 0.1) is 5.75 Å². The molecule has 0 aliphatic rings. The topological polar surface area (TPSA) is 99.1 Å². The minimum absolute atomic E-state index is 0.000602. The Bertz CT molecular complexity index is 377. The van der Waals surface area contributed by atoms with Crippen LogP contribution in [0.15, 0.2) is 4.90 Å². The van der Waals surface area contributed by atoms with Crippen molar-refractivity contribution in [3.63, 3.8) is 0 Å². The molecule has 0 bridgehead atoms. The summed E-state index contributed by atoms with van der Waals surface area (Å²) in [6, 6.07) is 0. The predicted octanol–water partition coefficient (Wildman–Crippen LogP) is 0.491. The number of anilines is 2. The van der Waals surface area contributed by atoms with Crippen LogP contribution in [0.2, 0.25) is 0 Å². The molecule has 13 heavy (non-hydrogen) atoms. The van der Waals surface area contributed by atoms with Gasteiger partial charge in [0.15, 0.2) is 15.7 Å². The third-order valence-electron chi connectivity index (χ3n) is 1.48. The number of nitrogens with two attached hydrogens (primary N) is 2. The fraction of sp³-hybridized carbons (Fsp3) is 0.500. The average Bonchev–Trinajstić information content (AvgIpc) is 2.31. The molecular formula is C6H11N3O2S2. The van der Waals surface area contributed by atoms with Crippen LogP contribution in [-0.4, -0.2) is 18.5 Å². The van der Waals surface area contributed by atoms with Crippen LogP contribution in [0.25, 0.3) is 0 Å². The standard InChI is InChI=1S/C6H11N3O2S2/c1-2-3-13(10,11)4-5(7)9-12-6(4)8/h2-3,8H2,1H3,(H2,7,9). The van der Waals surface area contributed by atoms with Crippen molar-refractivity contribution in [1.82, 2.24) is 4.37 Å². The summed E-state index contributed by atoms with van der Waals surface area (Å²) in [5, 5.41) is 0.172. The van der Waals surface area contributed by atoms with E-state index in [-0.39, 0.29) is 21.5 Å². The minimum atomic E-state index is -3.33. The van der Waals surface area contributed by atoms with Crippen molar-refractivity contribution in [3.8, 4) is 0 Å². The largest absolute Gasteiger partial charge is 0.388 e. The van der Waals surface area contributed by atoms with E-state index in [0.29, 0.717) is 6.42 Å². The van der Waals surface area contributed by atoms with Crippen molar-refractivity contribution >= 4 is 32.2 Å². The van der Waals surface area contributed by atoms with E-state index in [1.165, 1.54) is 0 Å². The first-order valence-corrected chi connectivity index (χ1v) is 6.15. The molecule has 1 rings (SSSR count). The molecule has 7 heteroatoms. The van der Waals surface area contributed by atoms with Crippen molar-refractivity contribution in [1.29, 1.82) is 0 Å². The van der Waals surface area contributed by atoms with Crippen LogP contribution in [0.4, 0.5) is 10.8 Å². The molecule has 0 unspecified atom stereocenters. The molecule has 1 heterocycles. The molecule has 74 valence electrons. The number of aromatic nitrogens is 1. The summed E-state index contributed by atoms with van der Waals surface area (Å²) < 4.78 is 26.8. The molecule has 0 fully saturated rings. The van der Waals surface area contributed by atoms with Crippen molar-refractivity contribution in [2.75, 3.05) is 17.2 Å². The molecule has 0 amide bonds. The summed E-state index contributed by atoms with van der Waals surface area (Å²) in [6.45, 7) is 1.78. The van der Waals surface area contributed by atoms with Gasteiger partial charge in [0.2, 0.25) is 0 Å². The predicted molar refractivity (Wildman–Crippen MR) is 53.3 cm³/mol. The Morgan fingerprint density at radius 2 is 2.08 bits per heavy atom. The highest BCUT2D eigenvalue weighted by atomic mass is 32.2. The lowest BCUT2D eigenvalue weighted by Gasteiger charge is -2.00. The van der Waals surface area contributed by atoms with Gasteiger partial charge in [-0.2, -0.15) is 4.37 Å². The van der Waals surface area contributed by atoms with Crippen LogP contribution in [0, 0.1) is 0 Å². The first kappa shape index (κ1) is 10.3. The van der Waals surface area contributed by atoms with Crippen LogP contribution < -0.4 is 11.5 Å². The third kappa shape index (κ3) is 1.92. The molecule has 0 aliphatic heterocycles. The van der Waals surface area contributed by atoms with E-state index in [4.69, 9.17) is 11.5 Å². The number of rotatable bonds is 3. The van der Waals surface area contributed by atoms with Crippen molar-refractivity contribution in [2.24, 2.45) is 0 Å². The highest BCUT2D eigenvalue weighted by Gasteiger charge is 2.22. The van der Waals surface area contributed by atoms with Crippen LogP contribution in [-0.2, 0) is 9.84 Å². The second-order valence-corrected chi connectivity index (χ2v) is 5.43. The number of hydrogen-bond donors (Lipinski definition) is 2. The monoisotopic (exact) mass is 221 g/mol. The Balaban J connectivity index is 3.21. The van der Waals surface area contributed by atoms with Crippen molar-refractivity contribution in [3.05, 3.63) is 0 Å². The van der Waals surface area contributed by atoms with E-state index in [9.17, 15) is 8.42 Å². The Morgan fingerprint density at radius 1 is 1.46 bits per heavy atom. The first-order valence-electron chi connectivity index (χ1n) is 3.72. The van der Waals surface area contributed by atoms with E-state index in [1.54, 1.807) is 6.92 Å². The fourth-order valence-corrected chi connectivity index (χ4v) is 3.43. The molecule has 0 radical (unpaired) electrons. The molecule has 0 aromatic carbocycles. The zero-order chi connectivity index (χ0) is 10.1. The average molecular weight is 221 g/mol. The smallest absolute Gasteiger partial charge is 0.184 e. The maximum Gasteiger partial charge on any atom is 0.184 e. The summed E-state index contributed by atoms with van der Waals surface area (Å²) in [7, 11) is -3.33. The number of hydrogen-bond acceptors (Lipinski definition) is 6. The van der Waals surface area contributed by atoms with E-state index in [1.807, 2.05) is 0 Å². The lowest BCUT2D eigenvalue weighted by atomic mass is 10.6. The zero-order valence-corrected chi connectivity index (χ0v) is 8.78. The van der Waals surface area contributed by atoms with Gasteiger partial charge in [-0.05, 0) is 18.0 Å². The van der Waals surface area contributed by atoms with Gasteiger partial charge in [0.1, 0.15) is 9.90 Å². The molecule has 1 aromatic heterocycles. The van der Waals surface area contributed by atoms with Gasteiger partial charge < -0.3 is 11.5 Å². The Hall–Kier alpha value is -0.820. The summed E-state index contributed by atoms with van der Waals surface area (Å²) in [5.41, 5.74) is 10.9. The molecule has 0 spiro atoms. The summed E-state index contributed by atoms with van der Waals surface area (Å²) >= 11 is 0.907. The second-order valence-electron chi connectivity index (χ2n) is 2.58. The lowest BCUT2D eigenvalue weighted by Crippen LogP contribution is -2.09. The second kappa shape index (κ2) is 3.51. The van der Waals surface area contributed by atoms with Gasteiger partial charge in [-0.3, -0.25) is 0 Å². The van der Waals surface area contributed by atoms with Gasteiger partial charge in [-0.1, -0.05) is 6.92 Å². The molecule has 4 N–H and O–H groups in total. The molecule has 0 atom stereocenters. The van der Waals surface area contributed by atoms with Gasteiger partial charge in [0, 0.05) is 0 Å². The summed E-state index contributed by atoms with van der Waals surface area (Å²) in [6.07, 6.45) is 0.539. The van der Waals surface area contributed by atoms with Gasteiger partial charge in [0.25, 0.3) is 0 Å². The molecular weight excluding hydrogens is 210 g/mol. The zero-order valence-electron chi connectivity index (χ0n) is 7.15. The van der Waals surface area contributed by atoms with Crippen molar-refractivity contribution in [2.45, 2.75) is 18.2 Å². The molecule has 1 aromatic rings. The third-order valence-corrected chi connectivity index (χ3v) is 4.30. The number of sulfone groups is 1. The molecule has 0 saturated carbocycles. The summed E-state index contributed by atoms with van der Waals surface area (Å²) in [5.74, 6) is 0.0655. The van der Waals surface area contributed by atoms with E-state index < -0.39 is 9.84 Å². The van der Waals surface area contributed by atoms with Gasteiger partial charge in [-0.15, -0.1) is 0 Å². The van der Waals surface area contributed by atoms with E-state index in [0.717, 1.165) is 11.5 Å². The van der Waals surface area contributed by atoms with Crippen LogP contribution in [0.5, 0.6) is 0 Å². The summed E-state index contributed by atoms with van der Waals surface area (Å²) in [4.78, 5) is -0.000602. The fourth-order valence-electron chi connectivity index (χ4n) is 0.991. The minimum Gasteiger partial charge on any atom is -0.388 e. The van der Waals surface area contributed by atoms with Gasteiger partial charge >= 0.3 is 0 Å². The molecule has 0 aliphatic carbocycles. The Morgan fingerprint density at radius 3 is 2.46 bits per heavy atom. The molecule has 0 saturated heterocycles. The highest BCUT2D eigenvalue weighted by Crippen LogP contribution is 2.29. The Labute approximate surface area is 80.8 Å². The Kier molecular flexibility index (Phi) is 2.77. The highest BCUT2D eigenvalue weighted by molar-refractivity contribution is 7.91. The van der Waals surface area contributed by atoms with Gasteiger partial charge in [-0.25, -0.2) is 8.42 Å². The normalized spacial score (nSPS) is 11.8. The maximum atomic E-state index is 11.5. The lowest BCUT2D eigenvalue weighted by molar-refractivity contribution is 0.595. The van der Waals surface area contributed by atoms with Crippen LogP contribution in [0.3, 0.4) is 0 Å². The number of nitrogen functional groups attached to an aromatic ring is 2. The number of nitrogens with zero attached hydrogens (tertiary/aromatic N) is 1. The van der Waals surface area contributed by atoms with E-state index >= 15 is 0 Å². The van der Waals surface area contributed by atoms with Crippen LogP contribution >= 0.6 is 11.5 Å². The first-order chi connectivity index (χ1) is 5.99. The quantitative estimate of drug-likeness (QED) is 0.774.